The summed E-state index contributed by atoms with van der Waals surface area (Å²) in [6.45, 7) is 12.1. The molecule has 2 atom stereocenters. The third-order valence-corrected chi connectivity index (χ3v) is 10.9. The maximum absolute atomic E-state index is 13.0. The van der Waals surface area contributed by atoms with Crippen LogP contribution in [0.15, 0.2) is 0 Å². The van der Waals surface area contributed by atoms with Crippen molar-refractivity contribution in [2.45, 2.75) is 232 Å². The lowest BCUT2D eigenvalue weighted by Gasteiger charge is -2.32. The fourth-order valence-electron chi connectivity index (χ4n) is 7.56. The van der Waals surface area contributed by atoms with Gasteiger partial charge in [0.25, 0.3) is 0 Å². The van der Waals surface area contributed by atoms with Crippen LogP contribution in [-0.4, -0.2) is 50.3 Å². The minimum Gasteiger partial charge on any atom is -0.465 e. The molecule has 296 valence electrons. The molecular formula is C44H86N2O4. The smallest absolute Gasteiger partial charge is 0.308 e. The summed E-state index contributed by atoms with van der Waals surface area (Å²) in [4.78, 5) is 26.0. The van der Waals surface area contributed by atoms with Crippen LogP contribution in [0.1, 0.15) is 220 Å². The first-order valence-corrected chi connectivity index (χ1v) is 22.4. The molecule has 1 saturated heterocycles. The lowest BCUT2D eigenvalue weighted by molar-refractivity contribution is -0.150. The molecule has 1 aliphatic heterocycles. The number of carbonyl (C=O) groups excluding carboxylic acids is 2. The normalized spacial score (nSPS) is 16.4. The highest BCUT2D eigenvalue weighted by molar-refractivity contribution is 5.72. The van der Waals surface area contributed by atoms with E-state index in [1.807, 2.05) is 0 Å². The maximum atomic E-state index is 13.0. The lowest BCUT2D eigenvalue weighted by atomic mass is 9.94. The molecule has 0 aromatic heterocycles. The van der Waals surface area contributed by atoms with E-state index in [9.17, 15) is 9.59 Å². The van der Waals surface area contributed by atoms with E-state index in [0.29, 0.717) is 25.3 Å². The van der Waals surface area contributed by atoms with Gasteiger partial charge in [-0.15, -0.1) is 0 Å². The number of hydrogen-bond donors (Lipinski definition) is 2. The van der Waals surface area contributed by atoms with E-state index < -0.39 is 0 Å². The number of esters is 2. The van der Waals surface area contributed by atoms with Crippen molar-refractivity contribution < 1.29 is 19.1 Å². The third-order valence-electron chi connectivity index (χ3n) is 10.9. The van der Waals surface area contributed by atoms with E-state index >= 15 is 0 Å². The fourth-order valence-corrected chi connectivity index (χ4v) is 7.56. The van der Waals surface area contributed by atoms with Gasteiger partial charge in [0.05, 0.1) is 25.0 Å². The average Bonchev–Trinajstić information content (AvgIpc) is 3.12. The van der Waals surface area contributed by atoms with Gasteiger partial charge in [0.1, 0.15) is 0 Å². The van der Waals surface area contributed by atoms with Crippen LogP contribution in [0.5, 0.6) is 0 Å². The second kappa shape index (κ2) is 34.9. The molecule has 6 nitrogen and oxygen atoms in total. The molecule has 0 radical (unpaired) electrons. The number of nitrogens with one attached hydrogen (secondary N) is 2. The second-order valence-corrected chi connectivity index (χ2v) is 15.8. The summed E-state index contributed by atoms with van der Waals surface area (Å²) in [7, 11) is 0. The first-order valence-electron chi connectivity index (χ1n) is 22.4. The lowest BCUT2D eigenvalue weighted by Crippen LogP contribution is -2.54. The Hall–Kier alpha value is -1.14. The van der Waals surface area contributed by atoms with E-state index in [-0.39, 0.29) is 23.8 Å². The van der Waals surface area contributed by atoms with Gasteiger partial charge in [-0.3, -0.25) is 9.59 Å². The summed E-state index contributed by atoms with van der Waals surface area (Å²) >= 11 is 0. The van der Waals surface area contributed by atoms with Gasteiger partial charge in [-0.1, -0.05) is 156 Å². The van der Waals surface area contributed by atoms with Crippen molar-refractivity contribution in [2.75, 3.05) is 26.3 Å². The molecule has 0 saturated carbocycles. The van der Waals surface area contributed by atoms with E-state index in [0.717, 1.165) is 103 Å². The van der Waals surface area contributed by atoms with E-state index in [1.165, 1.54) is 103 Å². The van der Waals surface area contributed by atoms with Crippen molar-refractivity contribution in [2.24, 2.45) is 11.8 Å². The molecule has 0 aromatic carbocycles. The van der Waals surface area contributed by atoms with Crippen molar-refractivity contribution >= 4 is 11.9 Å². The Balaban J connectivity index is 2.27. The highest BCUT2D eigenvalue weighted by Gasteiger charge is 2.22. The van der Waals surface area contributed by atoms with Crippen LogP contribution in [0.4, 0.5) is 0 Å². The highest BCUT2D eigenvalue weighted by atomic mass is 16.5. The number of hydrogen-bond acceptors (Lipinski definition) is 6. The van der Waals surface area contributed by atoms with Crippen LogP contribution in [0.25, 0.3) is 0 Å². The quantitative estimate of drug-likeness (QED) is 0.0499. The van der Waals surface area contributed by atoms with E-state index in [1.54, 1.807) is 0 Å². The van der Waals surface area contributed by atoms with Crippen molar-refractivity contribution in [1.29, 1.82) is 0 Å². The predicted octanol–water partition coefficient (Wildman–Crippen LogP) is 12.0. The Morgan fingerprint density at radius 1 is 0.460 bits per heavy atom. The Bertz CT molecular complexity index is 674. The summed E-state index contributed by atoms with van der Waals surface area (Å²) in [6.07, 6.45) is 35.2. The van der Waals surface area contributed by atoms with Gasteiger partial charge >= 0.3 is 11.9 Å². The first kappa shape index (κ1) is 46.9. The first-order chi connectivity index (χ1) is 24.5. The van der Waals surface area contributed by atoms with Gasteiger partial charge in [0, 0.05) is 25.2 Å². The zero-order valence-electron chi connectivity index (χ0n) is 34.0. The van der Waals surface area contributed by atoms with E-state index in [4.69, 9.17) is 9.47 Å². The van der Waals surface area contributed by atoms with Crippen LogP contribution >= 0.6 is 0 Å². The number of carbonyl (C=O) groups is 2. The molecule has 0 bridgehead atoms. The number of piperazine rings is 1. The van der Waals surface area contributed by atoms with Gasteiger partial charge in [-0.25, -0.2) is 0 Å². The molecule has 2 unspecified atom stereocenters. The minimum absolute atomic E-state index is 0.0551. The summed E-state index contributed by atoms with van der Waals surface area (Å²) in [5.74, 6) is 0.293. The Morgan fingerprint density at radius 2 is 0.780 bits per heavy atom. The molecule has 0 aromatic rings. The molecule has 0 aliphatic carbocycles. The van der Waals surface area contributed by atoms with Gasteiger partial charge in [-0.2, -0.15) is 0 Å². The Labute approximate surface area is 311 Å². The van der Waals surface area contributed by atoms with Gasteiger partial charge in [0.2, 0.25) is 0 Å². The van der Waals surface area contributed by atoms with Gasteiger partial charge < -0.3 is 20.1 Å². The molecule has 2 N–H and O–H groups in total. The molecule has 1 heterocycles. The van der Waals surface area contributed by atoms with Crippen molar-refractivity contribution in [3.8, 4) is 0 Å². The number of rotatable bonds is 36. The van der Waals surface area contributed by atoms with Gasteiger partial charge in [-0.05, 0) is 64.2 Å². The highest BCUT2D eigenvalue weighted by Crippen LogP contribution is 2.22. The Morgan fingerprint density at radius 3 is 1.10 bits per heavy atom. The summed E-state index contributed by atoms with van der Waals surface area (Å²) in [6, 6.07) is 0.938. The third kappa shape index (κ3) is 26.6. The molecule has 1 fully saturated rings. The molecule has 0 spiro atoms. The van der Waals surface area contributed by atoms with E-state index in [2.05, 4.69) is 38.3 Å². The summed E-state index contributed by atoms with van der Waals surface area (Å²) < 4.78 is 11.7. The zero-order valence-corrected chi connectivity index (χ0v) is 34.0. The second-order valence-electron chi connectivity index (χ2n) is 15.8. The van der Waals surface area contributed by atoms with Crippen LogP contribution in [0.3, 0.4) is 0 Å². The molecule has 50 heavy (non-hydrogen) atoms. The SMILES string of the molecule is CCCCCCCC(CCCCCCC)C(=O)OCCCCC1CNCC(CCCCOC(=O)C(CCCCCCC)CCCCCCC)N1. The summed E-state index contributed by atoms with van der Waals surface area (Å²) in [5, 5.41) is 7.49. The average molecular weight is 707 g/mol. The van der Waals surface area contributed by atoms with Crippen LogP contribution in [0, 0.1) is 11.8 Å². The molecule has 1 rings (SSSR count). The van der Waals surface area contributed by atoms with Crippen LogP contribution < -0.4 is 10.6 Å². The minimum atomic E-state index is 0.0551. The van der Waals surface area contributed by atoms with Crippen molar-refractivity contribution in [1.82, 2.24) is 10.6 Å². The standard InChI is InChI=1S/C44H86N2O4/c1-5-9-13-17-21-29-39(30-22-18-14-10-6-2)43(47)49-35-27-25-33-41-37-45-38-42(46-41)34-26-28-36-50-44(48)40(31-23-19-15-11-7-3)32-24-20-16-12-8-4/h39-42,45-46H,5-38H2,1-4H3. The number of unbranched alkanes of at least 4 members (excludes halogenated alkanes) is 18. The van der Waals surface area contributed by atoms with Crippen LogP contribution in [-0.2, 0) is 19.1 Å². The topological polar surface area (TPSA) is 76.7 Å². The largest absolute Gasteiger partial charge is 0.465 e. The number of ether oxygens (including phenoxy) is 2. The summed E-state index contributed by atoms with van der Waals surface area (Å²) in [5.41, 5.74) is 0. The van der Waals surface area contributed by atoms with Crippen molar-refractivity contribution in [3.63, 3.8) is 0 Å². The van der Waals surface area contributed by atoms with Crippen LogP contribution in [0.2, 0.25) is 0 Å². The monoisotopic (exact) mass is 707 g/mol. The predicted molar refractivity (Wildman–Crippen MR) is 214 cm³/mol. The molecule has 1 aliphatic rings. The van der Waals surface area contributed by atoms with Crippen molar-refractivity contribution in [3.05, 3.63) is 0 Å². The van der Waals surface area contributed by atoms with Gasteiger partial charge in [0.15, 0.2) is 0 Å². The molecule has 0 amide bonds. The zero-order chi connectivity index (χ0) is 36.3. The fraction of sp³-hybridized carbons (Fsp3) is 0.955. The maximum Gasteiger partial charge on any atom is 0.308 e. The molecule has 6 heteroatoms. The Kier molecular flexibility index (Phi) is 32.7. The molecular weight excluding hydrogens is 620 g/mol.